The minimum absolute atomic E-state index is 0.0942. The zero-order valence-electron chi connectivity index (χ0n) is 11.8. The SMILES string of the molecule is O=S1(=O)CC[C@H](Nc2nccc(N[C@@H]3CCCOC3)n2)C1. The Bertz CT molecular complexity index is 587. The highest BCUT2D eigenvalue weighted by atomic mass is 32.2. The summed E-state index contributed by atoms with van der Waals surface area (Å²) in [6.45, 7) is 1.51. The van der Waals surface area contributed by atoms with E-state index in [0.717, 1.165) is 25.3 Å². The van der Waals surface area contributed by atoms with Crippen molar-refractivity contribution >= 4 is 21.6 Å². The highest BCUT2D eigenvalue weighted by Crippen LogP contribution is 2.17. The molecule has 1 aromatic heterocycles. The van der Waals surface area contributed by atoms with E-state index in [1.54, 1.807) is 6.20 Å². The van der Waals surface area contributed by atoms with Gasteiger partial charge in [-0.2, -0.15) is 4.98 Å². The Hall–Kier alpha value is -1.41. The monoisotopic (exact) mass is 312 g/mol. The van der Waals surface area contributed by atoms with Gasteiger partial charge in [-0.25, -0.2) is 13.4 Å². The summed E-state index contributed by atoms with van der Waals surface area (Å²) in [6, 6.07) is 1.99. The Morgan fingerprint density at radius 2 is 2.14 bits per heavy atom. The predicted molar refractivity (Wildman–Crippen MR) is 80.2 cm³/mol. The molecular formula is C13H20N4O3S. The molecule has 0 aromatic carbocycles. The van der Waals surface area contributed by atoms with E-state index in [4.69, 9.17) is 4.74 Å². The second kappa shape index (κ2) is 6.15. The van der Waals surface area contributed by atoms with E-state index in [-0.39, 0.29) is 23.6 Å². The third-order valence-corrected chi connectivity index (χ3v) is 5.50. The van der Waals surface area contributed by atoms with Crippen LogP contribution in [0.4, 0.5) is 11.8 Å². The van der Waals surface area contributed by atoms with Crippen molar-refractivity contribution in [1.29, 1.82) is 0 Å². The lowest BCUT2D eigenvalue weighted by atomic mass is 10.1. The molecule has 2 aliphatic heterocycles. The lowest BCUT2D eigenvalue weighted by Crippen LogP contribution is -2.30. The van der Waals surface area contributed by atoms with Gasteiger partial charge < -0.3 is 15.4 Å². The van der Waals surface area contributed by atoms with Crippen LogP contribution in [0.15, 0.2) is 12.3 Å². The Morgan fingerprint density at radius 3 is 2.86 bits per heavy atom. The summed E-state index contributed by atoms with van der Waals surface area (Å²) < 4.78 is 28.3. The zero-order valence-corrected chi connectivity index (χ0v) is 12.6. The molecule has 7 nitrogen and oxygen atoms in total. The second-order valence-corrected chi connectivity index (χ2v) is 7.80. The molecule has 2 aliphatic rings. The molecule has 3 rings (SSSR count). The number of aromatic nitrogens is 2. The fourth-order valence-electron chi connectivity index (χ4n) is 2.66. The first-order valence-electron chi connectivity index (χ1n) is 7.25. The molecule has 0 spiro atoms. The van der Waals surface area contributed by atoms with E-state index in [0.29, 0.717) is 19.0 Å². The molecule has 8 heteroatoms. The standard InChI is InChI=1S/C13H20N4O3S/c18-21(19)7-4-11(9-21)16-13-14-5-3-12(17-13)15-10-2-1-6-20-8-10/h3,5,10-11H,1-2,4,6-9H2,(H2,14,15,16,17)/t10-,11+/m1/s1. The number of ether oxygens (including phenoxy) is 1. The van der Waals surface area contributed by atoms with Crippen molar-refractivity contribution in [2.45, 2.75) is 31.3 Å². The number of sulfone groups is 1. The van der Waals surface area contributed by atoms with Gasteiger partial charge in [-0.05, 0) is 25.3 Å². The van der Waals surface area contributed by atoms with E-state index in [9.17, 15) is 8.42 Å². The first-order valence-corrected chi connectivity index (χ1v) is 9.07. The van der Waals surface area contributed by atoms with Crippen LogP contribution in [-0.2, 0) is 14.6 Å². The fourth-order valence-corrected chi connectivity index (χ4v) is 4.34. The van der Waals surface area contributed by atoms with Crippen LogP contribution in [0.3, 0.4) is 0 Å². The molecule has 0 aliphatic carbocycles. The summed E-state index contributed by atoms with van der Waals surface area (Å²) in [6.07, 6.45) is 4.39. The first kappa shape index (κ1) is 14.5. The highest BCUT2D eigenvalue weighted by Gasteiger charge is 2.28. The van der Waals surface area contributed by atoms with Gasteiger partial charge >= 0.3 is 0 Å². The Labute approximate surface area is 124 Å². The summed E-state index contributed by atoms with van der Waals surface area (Å²) in [7, 11) is -2.90. The Balaban J connectivity index is 1.60. The van der Waals surface area contributed by atoms with Crippen LogP contribution in [-0.4, -0.2) is 55.2 Å². The summed E-state index contributed by atoms with van der Waals surface area (Å²) in [5.41, 5.74) is 0. The number of nitrogens with one attached hydrogen (secondary N) is 2. The van der Waals surface area contributed by atoms with E-state index in [1.807, 2.05) is 6.07 Å². The average Bonchev–Trinajstić information content (AvgIpc) is 2.79. The van der Waals surface area contributed by atoms with Crippen molar-refractivity contribution in [3.63, 3.8) is 0 Å². The normalized spacial score (nSPS) is 28.2. The molecule has 0 unspecified atom stereocenters. The molecule has 21 heavy (non-hydrogen) atoms. The average molecular weight is 312 g/mol. The highest BCUT2D eigenvalue weighted by molar-refractivity contribution is 7.91. The van der Waals surface area contributed by atoms with Crippen LogP contribution in [0.25, 0.3) is 0 Å². The quantitative estimate of drug-likeness (QED) is 0.844. The largest absolute Gasteiger partial charge is 0.379 e. The van der Waals surface area contributed by atoms with Crippen LogP contribution in [0.1, 0.15) is 19.3 Å². The lowest BCUT2D eigenvalue weighted by molar-refractivity contribution is 0.0875. The van der Waals surface area contributed by atoms with Crippen LogP contribution in [0.5, 0.6) is 0 Å². The molecule has 2 saturated heterocycles. The van der Waals surface area contributed by atoms with Gasteiger partial charge in [0.1, 0.15) is 5.82 Å². The zero-order chi connectivity index (χ0) is 14.7. The lowest BCUT2D eigenvalue weighted by Gasteiger charge is -2.23. The van der Waals surface area contributed by atoms with Gasteiger partial charge in [0.25, 0.3) is 0 Å². The molecule has 0 radical (unpaired) electrons. The van der Waals surface area contributed by atoms with E-state index >= 15 is 0 Å². The van der Waals surface area contributed by atoms with Gasteiger partial charge in [-0.15, -0.1) is 0 Å². The molecule has 0 amide bonds. The summed E-state index contributed by atoms with van der Waals surface area (Å²) in [5.74, 6) is 1.61. The Kier molecular flexibility index (Phi) is 4.25. The Morgan fingerprint density at radius 1 is 1.24 bits per heavy atom. The minimum Gasteiger partial charge on any atom is -0.379 e. The van der Waals surface area contributed by atoms with E-state index < -0.39 is 9.84 Å². The maximum Gasteiger partial charge on any atom is 0.224 e. The van der Waals surface area contributed by atoms with Crippen molar-refractivity contribution in [2.75, 3.05) is 35.4 Å². The molecule has 3 heterocycles. The predicted octanol–water partition coefficient (Wildman–Crippen LogP) is 0.666. The van der Waals surface area contributed by atoms with Gasteiger partial charge in [0.05, 0.1) is 24.2 Å². The third-order valence-electron chi connectivity index (χ3n) is 3.73. The topological polar surface area (TPSA) is 93.2 Å². The van der Waals surface area contributed by atoms with E-state index in [1.165, 1.54) is 0 Å². The van der Waals surface area contributed by atoms with Crippen molar-refractivity contribution in [3.05, 3.63) is 12.3 Å². The van der Waals surface area contributed by atoms with Gasteiger partial charge in [-0.3, -0.25) is 0 Å². The van der Waals surface area contributed by atoms with Crippen LogP contribution < -0.4 is 10.6 Å². The number of hydrogen-bond acceptors (Lipinski definition) is 7. The van der Waals surface area contributed by atoms with Gasteiger partial charge in [0, 0.05) is 18.8 Å². The second-order valence-electron chi connectivity index (χ2n) is 5.57. The van der Waals surface area contributed by atoms with Crippen molar-refractivity contribution < 1.29 is 13.2 Å². The van der Waals surface area contributed by atoms with Gasteiger partial charge in [0.2, 0.25) is 5.95 Å². The number of rotatable bonds is 4. The minimum atomic E-state index is -2.90. The molecular weight excluding hydrogens is 292 g/mol. The molecule has 2 atom stereocenters. The number of hydrogen-bond donors (Lipinski definition) is 2. The van der Waals surface area contributed by atoms with Gasteiger partial charge in [-0.1, -0.05) is 0 Å². The number of anilines is 2. The molecule has 2 fully saturated rings. The molecule has 0 bridgehead atoms. The molecule has 1 aromatic rings. The van der Waals surface area contributed by atoms with Crippen molar-refractivity contribution in [2.24, 2.45) is 0 Å². The third kappa shape index (κ3) is 4.04. The maximum atomic E-state index is 11.5. The van der Waals surface area contributed by atoms with Crippen LogP contribution in [0.2, 0.25) is 0 Å². The van der Waals surface area contributed by atoms with Gasteiger partial charge in [0.15, 0.2) is 9.84 Å². The number of nitrogens with zero attached hydrogens (tertiary/aromatic N) is 2. The fraction of sp³-hybridized carbons (Fsp3) is 0.692. The summed E-state index contributed by atoms with van der Waals surface area (Å²) in [4.78, 5) is 8.55. The smallest absolute Gasteiger partial charge is 0.224 e. The van der Waals surface area contributed by atoms with Crippen LogP contribution in [0, 0.1) is 0 Å². The van der Waals surface area contributed by atoms with Crippen molar-refractivity contribution in [1.82, 2.24) is 9.97 Å². The first-order chi connectivity index (χ1) is 10.1. The maximum absolute atomic E-state index is 11.5. The van der Waals surface area contributed by atoms with Crippen LogP contribution >= 0.6 is 0 Å². The van der Waals surface area contributed by atoms with Crippen molar-refractivity contribution in [3.8, 4) is 0 Å². The molecule has 0 saturated carbocycles. The van der Waals surface area contributed by atoms with E-state index in [2.05, 4.69) is 20.6 Å². The summed E-state index contributed by atoms with van der Waals surface area (Å²) in [5, 5.41) is 6.43. The molecule has 2 N–H and O–H groups in total. The molecule has 116 valence electrons. The summed E-state index contributed by atoms with van der Waals surface area (Å²) >= 11 is 0.